The van der Waals surface area contributed by atoms with Crippen LogP contribution in [0.2, 0.25) is 0 Å². The van der Waals surface area contributed by atoms with E-state index < -0.39 is 0 Å². The number of fused-ring (bicyclic) bond motifs is 1. The van der Waals surface area contributed by atoms with E-state index in [9.17, 15) is 9.90 Å². The smallest absolute Gasteiger partial charge is 0.224 e. The predicted molar refractivity (Wildman–Crippen MR) is 151 cm³/mol. The highest BCUT2D eigenvalue weighted by Crippen LogP contribution is 2.38. The molecule has 2 aliphatic carbocycles. The van der Waals surface area contributed by atoms with Gasteiger partial charge in [0.1, 0.15) is 11.6 Å². The number of carbonyl (C=O) groups is 1. The molecule has 2 fully saturated rings. The van der Waals surface area contributed by atoms with Crippen molar-refractivity contribution in [1.82, 2.24) is 14.5 Å². The van der Waals surface area contributed by atoms with Gasteiger partial charge in [0.05, 0.1) is 11.0 Å². The topological polar surface area (TPSA) is 58.4 Å². The minimum Gasteiger partial charge on any atom is -0.508 e. The minimum atomic E-state index is 0.275. The van der Waals surface area contributed by atoms with Gasteiger partial charge in [0.25, 0.3) is 0 Å². The molecule has 1 heterocycles. The summed E-state index contributed by atoms with van der Waals surface area (Å²) < 4.78 is 2.36. The third kappa shape index (κ3) is 5.71. The second-order valence-corrected chi connectivity index (χ2v) is 11.2. The Hall–Kier alpha value is -2.82. The number of nitrogens with zero attached hydrogens (tertiary/aromatic N) is 3. The molecule has 198 valence electrons. The van der Waals surface area contributed by atoms with Gasteiger partial charge in [-0.3, -0.25) is 4.79 Å². The van der Waals surface area contributed by atoms with Crippen molar-refractivity contribution in [2.24, 2.45) is 5.92 Å². The van der Waals surface area contributed by atoms with Crippen LogP contribution in [0.15, 0.2) is 42.5 Å². The van der Waals surface area contributed by atoms with Gasteiger partial charge in [-0.15, -0.1) is 0 Å². The average molecular weight is 502 g/mol. The third-order valence-corrected chi connectivity index (χ3v) is 8.99. The number of aryl methyl sites for hydroxylation is 1. The van der Waals surface area contributed by atoms with Crippen molar-refractivity contribution >= 4 is 16.9 Å². The monoisotopic (exact) mass is 501 g/mol. The van der Waals surface area contributed by atoms with Crippen molar-refractivity contribution in [1.29, 1.82) is 0 Å². The number of benzene rings is 2. The summed E-state index contributed by atoms with van der Waals surface area (Å²) in [6, 6.07) is 14.3. The Kier molecular flexibility index (Phi) is 8.17. The fourth-order valence-electron chi connectivity index (χ4n) is 6.73. The summed E-state index contributed by atoms with van der Waals surface area (Å²) in [5.74, 6) is 3.03. The molecule has 5 rings (SSSR count). The molecule has 5 nitrogen and oxygen atoms in total. The van der Waals surface area contributed by atoms with E-state index in [2.05, 4.69) is 41.5 Å². The molecule has 0 aliphatic heterocycles. The van der Waals surface area contributed by atoms with Gasteiger partial charge in [-0.05, 0) is 86.8 Å². The second-order valence-electron chi connectivity index (χ2n) is 11.2. The number of hydrogen-bond donors (Lipinski definition) is 1. The Labute approximate surface area is 221 Å². The van der Waals surface area contributed by atoms with Gasteiger partial charge in [-0.2, -0.15) is 0 Å². The highest BCUT2D eigenvalue weighted by molar-refractivity contribution is 5.83. The molecule has 5 heteroatoms. The van der Waals surface area contributed by atoms with Crippen LogP contribution in [0.25, 0.3) is 22.2 Å². The van der Waals surface area contributed by atoms with Gasteiger partial charge in [-0.1, -0.05) is 50.8 Å². The fraction of sp³-hybridized carbons (Fsp3) is 0.562. The minimum absolute atomic E-state index is 0.275. The van der Waals surface area contributed by atoms with Crippen molar-refractivity contribution in [3.8, 4) is 16.9 Å². The second kappa shape index (κ2) is 11.7. The number of carbonyl (C=O) groups excluding carboxylic acids is 1. The number of phenolic OH excluding ortho intramolecular Hbond substituents is 1. The molecule has 0 unspecified atom stereocenters. The molecule has 2 saturated carbocycles. The molecule has 1 aromatic heterocycles. The third-order valence-electron chi connectivity index (χ3n) is 8.99. The van der Waals surface area contributed by atoms with Gasteiger partial charge in [0.2, 0.25) is 5.91 Å². The number of aromatic hydroxyl groups is 1. The van der Waals surface area contributed by atoms with Crippen LogP contribution in [0.3, 0.4) is 0 Å². The number of imidazole rings is 1. The summed E-state index contributed by atoms with van der Waals surface area (Å²) in [5, 5.41) is 9.73. The van der Waals surface area contributed by atoms with Crippen molar-refractivity contribution < 1.29 is 9.90 Å². The summed E-state index contributed by atoms with van der Waals surface area (Å²) in [7, 11) is 0. The van der Waals surface area contributed by atoms with E-state index in [0.29, 0.717) is 24.9 Å². The summed E-state index contributed by atoms with van der Waals surface area (Å²) in [5.41, 5.74) is 4.32. The van der Waals surface area contributed by atoms with Crippen molar-refractivity contribution in [2.75, 3.05) is 6.54 Å². The van der Waals surface area contributed by atoms with E-state index in [4.69, 9.17) is 4.98 Å². The molecular weight excluding hydrogens is 458 g/mol. The summed E-state index contributed by atoms with van der Waals surface area (Å²) >= 11 is 0. The van der Waals surface area contributed by atoms with Crippen LogP contribution in [0, 0.1) is 5.92 Å². The lowest BCUT2D eigenvalue weighted by Gasteiger charge is -2.34. The Morgan fingerprint density at radius 3 is 2.32 bits per heavy atom. The Morgan fingerprint density at radius 1 is 0.946 bits per heavy atom. The van der Waals surface area contributed by atoms with Crippen LogP contribution in [0.4, 0.5) is 0 Å². The lowest BCUT2D eigenvalue weighted by Crippen LogP contribution is -2.41. The van der Waals surface area contributed by atoms with E-state index in [1.165, 1.54) is 57.2 Å². The summed E-state index contributed by atoms with van der Waals surface area (Å²) in [4.78, 5) is 20.8. The highest BCUT2D eigenvalue weighted by Gasteiger charge is 2.28. The van der Waals surface area contributed by atoms with Crippen molar-refractivity contribution in [2.45, 2.75) is 103 Å². The molecule has 0 saturated heterocycles. The highest BCUT2D eigenvalue weighted by atomic mass is 16.3. The van der Waals surface area contributed by atoms with Crippen molar-refractivity contribution in [3.05, 3.63) is 48.3 Å². The standard InChI is InChI=1S/C32H43N3O2/c1-3-23-10-12-25(13-11-23)32-33-29-19-16-26(24-14-17-28(36)18-15-24)22-30(29)35(32)21-20-31(37)34(4-2)27-8-6-5-7-9-27/h14-19,22-23,25,27,36H,3-13,20-21H2,1-2H3. The van der Waals surface area contributed by atoms with Crippen LogP contribution in [-0.4, -0.2) is 38.1 Å². The quantitative estimate of drug-likeness (QED) is 0.345. The van der Waals surface area contributed by atoms with E-state index in [-0.39, 0.29) is 11.7 Å². The first-order valence-electron chi connectivity index (χ1n) is 14.7. The van der Waals surface area contributed by atoms with Crippen LogP contribution in [0.1, 0.15) is 96.2 Å². The van der Waals surface area contributed by atoms with Gasteiger partial charge < -0.3 is 14.6 Å². The van der Waals surface area contributed by atoms with Crippen LogP contribution in [0.5, 0.6) is 5.75 Å². The van der Waals surface area contributed by atoms with E-state index in [1.807, 2.05) is 12.1 Å². The van der Waals surface area contributed by atoms with E-state index in [1.54, 1.807) is 12.1 Å². The molecule has 1 amide bonds. The van der Waals surface area contributed by atoms with Crippen LogP contribution >= 0.6 is 0 Å². The normalized spacial score (nSPS) is 20.8. The first kappa shape index (κ1) is 25.8. The molecule has 37 heavy (non-hydrogen) atoms. The number of amides is 1. The largest absolute Gasteiger partial charge is 0.508 e. The first-order valence-corrected chi connectivity index (χ1v) is 14.7. The summed E-state index contributed by atoms with van der Waals surface area (Å²) in [6.45, 7) is 5.91. The zero-order valence-electron chi connectivity index (χ0n) is 22.7. The lowest BCUT2D eigenvalue weighted by atomic mass is 9.80. The van der Waals surface area contributed by atoms with Crippen molar-refractivity contribution in [3.63, 3.8) is 0 Å². The molecule has 0 radical (unpaired) electrons. The molecule has 0 bridgehead atoms. The van der Waals surface area contributed by atoms with Gasteiger partial charge >= 0.3 is 0 Å². The molecule has 2 aliphatic rings. The Bertz CT molecular complexity index is 1180. The maximum Gasteiger partial charge on any atom is 0.224 e. The van der Waals surface area contributed by atoms with E-state index in [0.717, 1.165) is 47.5 Å². The molecule has 0 spiro atoms. The first-order chi connectivity index (χ1) is 18.1. The van der Waals surface area contributed by atoms with E-state index >= 15 is 0 Å². The maximum absolute atomic E-state index is 13.5. The SMILES string of the molecule is CCC1CCC(c2nc3ccc(-c4ccc(O)cc4)cc3n2CCC(=O)N(CC)C2CCCCC2)CC1. The maximum atomic E-state index is 13.5. The number of rotatable bonds is 8. The van der Waals surface area contributed by atoms with Gasteiger partial charge in [-0.25, -0.2) is 4.98 Å². The average Bonchev–Trinajstić information content (AvgIpc) is 3.31. The Balaban J connectivity index is 1.44. The van der Waals surface area contributed by atoms with Crippen LogP contribution < -0.4 is 0 Å². The molecule has 1 N–H and O–H groups in total. The molecule has 0 atom stereocenters. The van der Waals surface area contributed by atoms with Gasteiger partial charge in [0.15, 0.2) is 0 Å². The predicted octanol–water partition coefficient (Wildman–Crippen LogP) is 7.66. The molecular formula is C32H43N3O2. The lowest BCUT2D eigenvalue weighted by molar-refractivity contribution is -0.134. The van der Waals surface area contributed by atoms with Crippen LogP contribution in [-0.2, 0) is 11.3 Å². The number of hydrogen-bond acceptors (Lipinski definition) is 3. The number of phenols is 1. The number of aromatic nitrogens is 2. The zero-order valence-corrected chi connectivity index (χ0v) is 22.7. The summed E-state index contributed by atoms with van der Waals surface area (Å²) in [6.07, 6.45) is 12.8. The fourth-order valence-corrected chi connectivity index (χ4v) is 6.73. The zero-order chi connectivity index (χ0) is 25.8. The Morgan fingerprint density at radius 2 is 1.65 bits per heavy atom. The molecule has 2 aromatic carbocycles. The van der Waals surface area contributed by atoms with Gasteiger partial charge in [0, 0.05) is 31.5 Å². The molecule has 3 aromatic rings.